The van der Waals surface area contributed by atoms with E-state index in [9.17, 15) is 4.39 Å². The first kappa shape index (κ1) is 13.8. The maximum Gasteiger partial charge on any atom is 0.141 e. The van der Waals surface area contributed by atoms with Gasteiger partial charge in [0.25, 0.3) is 0 Å². The molecule has 2 aromatic rings. The van der Waals surface area contributed by atoms with Crippen molar-refractivity contribution in [2.45, 2.75) is 13.1 Å². The Bertz CT molecular complexity index is 542. The minimum atomic E-state index is -0.388. The molecule has 0 aliphatic rings. The fourth-order valence-corrected chi connectivity index (χ4v) is 1.95. The van der Waals surface area contributed by atoms with Gasteiger partial charge in [-0.2, -0.15) is 0 Å². The molecule has 2 aromatic carbocycles. The van der Waals surface area contributed by atoms with Crippen molar-refractivity contribution in [1.82, 2.24) is 5.32 Å². The van der Waals surface area contributed by atoms with Crippen LogP contribution in [0.4, 0.5) is 4.39 Å². The Morgan fingerprint density at radius 1 is 1.05 bits per heavy atom. The zero-order valence-corrected chi connectivity index (χ0v) is 11.4. The molecule has 0 heterocycles. The Morgan fingerprint density at radius 2 is 1.68 bits per heavy atom. The van der Waals surface area contributed by atoms with E-state index in [0.717, 1.165) is 23.4 Å². The number of nitrogens with one attached hydrogen (secondary N) is 1. The summed E-state index contributed by atoms with van der Waals surface area (Å²) in [6.45, 7) is 1.38. The van der Waals surface area contributed by atoms with Crippen LogP contribution >= 0.6 is 11.6 Å². The van der Waals surface area contributed by atoms with Crippen molar-refractivity contribution < 1.29 is 9.13 Å². The van der Waals surface area contributed by atoms with Crippen LogP contribution in [0.15, 0.2) is 42.5 Å². The SMILES string of the molecule is COc1ccc(CNCc2ccc(F)c(Cl)c2)cc1. The van der Waals surface area contributed by atoms with E-state index in [4.69, 9.17) is 16.3 Å². The Balaban J connectivity index is 1.86. The lowest BCUT2D eigenvalue weighted by Gasteiger charge is -2.07. The Labute approximate surface area is 117 Å². The van der Waals surface area contributed by atoms with Gasteiger partial charge in [-0.05, 0) is 35.4 Å². The lowest BCUT2D eigenvalue weighted by Crippen LogP contribution is -2.12. The monoisotopic (exact) mass is 279 g/mol. The van der Waals surface area contributed by atoms with Gasteiger partial charge in [0, 0.05) is 13.1 Å². The third-order valence-electron chi connectivity index (χ3n) is 2.80. The van der Waals surface area contributed by atoms with Crippen molar-refractivity contribution in [2.75, 3.05) is 7.11 Å². The molecular formula is C15H15ClFNO. The van der Waals surface area contributed by atoms with Crippen LogP contribution in [-0.2, 0) is 13.1 Å². The number of halogens is 2. The van der Waals surface area contributed by atoms with Crippen molar-refractivity contribution in [3.63, 3.8) is 0 Å². The van der Waals surface area contributed by atoms with Crippen molar-refractivity contribution in [1.29, 1.82) is 0 Å². The highest BCUT2D eigenvalue weighted by atomic mass is 35.5. The Morgan fingerprint density at radius 3 is 2.32 bits per heavy atom. The molecule has 0 saturated heterocycles. The van der Waals surface area contributed by atoms with E-state index in [-0.39, 0.29) is 10.8 Å². The molecule has 2 rings (SSSR count). The van der Waals surface area contributed by atoms with Gasteiger partial charge in [0.2, 0.25) is 0 Å². The number of methoxy groups -OCH3 is 1. The van der Waals surface area contributed by atoms with Gasteiger partial charge in [-0.3, -0.25) is 0 Å². The molecule has 0 bridgehead atoms. The molecule has 0 aliphatic carbocycles. The van der Waals surface area contributed by atoms with Crippen LogP contribution < -0.4 is 10.1 Å². The second-order valence-corrected chi connectivity index (χ2v) is 4.61. The van der Waals surface area contributed by atoms with Crippen LogP contribution in [0.25, 0.3) is 0 Å². The third kappa shape index (κ3) is 3.94. The number of hydrogen-bond donors (Lipinski definition) is 1. The van der Waals surface area contributed by atoms with E-state index >= 15 is 0 Å². The van der Waals surface area contributed by atoms with Crippen molar-refractivity contribution >= 4 is 11.6 Å². The average molecular weight is 280 g/mol. The van der Waals surface area contributed by atoms with Crippen LogP contribution in [0.2, 0.25) is 5.02 Å². The molecule has 100 valence electrons. The first-order chi connectivity index (χ1) is 9.19. The highest BCUT2D eigenvalue weighted by Crippen LogP contribution is 2.16. The summed E-state index contributed by atoms with van der Waals surface area (Å²) in [4.78, 5) is 0. The van der Waals surface area contributed by atoms with Gasteiger partial charge < -0.3 is 10.1 Å². The third-order valence-corrected chi connectivity index (χ3v) is 3.09. The fraction of sp³-hybridized carbons (Fsp3) is 0.200. The van der Waals surface area contributed by atoms with Crippen LogP contribution in [0, 0.1) is 5.82 Å². The summed E-state index contributed by atoms with van der Waals surface area (Å²) in [5.74, 6) is 0.453. The summed E-state index contributed by atoms with van der Waals surface area (Å²) in [6, 6.07) is 12.6. The molecule has 0 aliphatic heterocycles. The highest BCUT2D eigenvalue weighted by molar-refractivity contribution is 6.30. The summed E-state index contributed by atoms with van der Waals surface area (Å²) in [7, 11) is 1.64. The molecule has 4 heteroatoms. The molecule has 0 saturated carbocycles. The lowest BCUT2D eigenvalue weighted by atomic mass is 10.2. The average Bonchev–Trinajstić information content (AvgIpc) is 2.43. The standard InChI is InChI=1S/C15H15ClFNO/c1-19-13-5-2-11(3-6-13)9-18-10-12-4-7-15(17)14(16)8-12/h2-8,18H,9-10H2,1H3. The maximum absolute atomic E-state index is 13.0. The highest BCUT2D eigenvalue weighted by Gasteiger charge is 2.01. The summed E-state index contributed by atoms with van der Waals surface area (Å²) in [6.07, 6.45) is 0. The first-order valence-corrected chi connectivity index (χ1v) is 6.34. The molecule has 0 atom stereocenters. The minimum Gasteiger partial charge on any atom is -0.497 e. The van der Waals surface area contributed by atoms with Crippen LogP contribution in [0.1, 0.15) is 11.1 Å². The van der Waals surface area contributed by atoms with Gasteiger partial charge >= 0.3 is 0 Å². The van der Waals surface area contributed by atoms with Crippen LogP contribution in [0.5, 0.6) is 5.75 Å². The summed E-state index contributed by atoms with van der Waals surface area (Å²) in [5, 5.41) is 3.44. The molecule has 0 spiro atoms. The summed E-state index contributed by atoms with van der Waals surface area (Å²) in [5.41, 5.74) is 2.12. The van der Waals surface area contributed by atoms with Crippen LogP contribution in [0.3, 0.4) is 0 Å². The largest absolute Gasteiger partial charge is 0.497 e. The molecule has 2 nitrogen and oxygen atoms in total. The van der Waals surface area contributed by atoms with Gasteiger partial charge in [-0.25, -0.2) is 4.39 Å². The smallest absolute Gasteiger partial charge is 0.141 e. The quantitative estimate of drug-likeness (QED) is 0.899. The predicted molar refractivity (Wildman–Crippen MR) is 74.9 cm³/mol. The predicted octanol–water partition coefficient (Wildman–Crippen LogP) is 3.78. The van der Waals surface area contributed by atoms with Gasteiger partial charge in [0.1, 0.15) is 11.6 Å². The lowest BCUT2D eigenvalue weighted by molar-refractivity contribution is 0.414. The number of hydrogen-bond acceptors (Lipinski definition) is 2. The fourth-order valence-electron chi connectivity index (χ4n) is 1.74. The van der Waals surface area contributed by atoms with E-state index < -0.39 is 0 Å². The second-order valence-electron chi connectivity index (χ2n) is 4.20. The van der Waals surface area contributed by atoms with Gasteiger partial charge in [0.05, 0.1) is 12.1 Å². The van der Waals surface area contributed by atoms with Crippen molar-refractivity contribution in [3.05, 3.63) is 64.4 Å². The molecule has 0 amide bonds. The minimum absolute atomic E-state index is 0.156. The normalized spacial score (nSPS) is 10.5. The van der Waals surface area contributed by atoms with E-state index in [0.29, 0.717) is 6.54 Å². The number of rotatable bonds is 5. The summed E-state index contributed by atoms with van der Waals surface area (Å²) < 4.78 is 18.1. The zero-order valence-electron chi connectivity index (χ0n) is 10.6. The maximum atomic E-state index is 13.0. The molecule has 0 fully saturated rings. The van der Waals surface area contributed by atoms with E-state index in [1.807, 2.05) is 24.3 Å². The molecular weight excluding hydrogens is 265 g/mol. The molecule has 1 N–H and O–H groups in total. The molecule has 0 aromatic heterocycles. The molecule has 0 unspecified atom stereocenters. The topological polar surface area (TPSA) is 21.3 Å². The molecule has 19 heavy (non-hydrogen) atoms. The first-order valence-electron chi connectivity index (χ1n) is 5.96. The van der Waals surface area contributed by atoms with Crippen molar-refractivity contribution in [2.24, 2.45) is 0 Å². The Hall–Kier alpha value is -1.58. The number of benzene rings is 2. The van der Waals surface area contributed by atoms with E-state index in [2.05, 4.69) is 5.32 Å². The number of ether oxygens (including phenoxy) is 1. The van der Waals surface area contributed by atoms with Gasteiger partial charge in [-0.15, -0.1) is 0 Å². The van der Waals surface area contributed by atoms with Gasteiger partial charge in [-0.1, -0.05) is 29.8 Å². The van der Waals surface area contributed by atoms with E-state index in [1.165, 1.54) is 6.07 Å². The van der Waals surface area contributed by atoms with Gasteiger partial charge in [0.15, 0.2) is 0 Å². The molecule has 0 radical (unpaired) electrons. The van der Waals surface area contributed by atoms with E-state index in [1.54, 1.807) is 19.2 Å². The Kier molecular flexibility index (Phi) is 4.77. The zero-order chi connectivity index (χ0) is 13.7. The summed E-state index contributed by atoms with van der Waals surface area (Å²) >= 11 is 5.73. The van der Waals surface area contributed by atoms with Crippen molar-refractivity contribution in [3.8, 4) is 5.75 Å². The van der Waals surface area contributed by atoms with Crippen LogP contribution in [-0.4, -0.2) is 7.11 Å². The second kappa shape index (κ2) is 6.55.